The number of hydrogen-bond acceptors (Lipinski definition) is 6. The van der Waals surface area contributed by atoms with Gasteiger partial charge < -0.3 is 31.9 Å². The molecule has 156 valence electrons. The number of carboxylic acid groups (broad SMARTS) is 1. The molecule has 7 N–H and O–H groups in total. The number of carbonyl (C=O) groups excluding carboxylic acids is 3. The first-order valence-corrected chi connectivity index (χ1v) is 8.91. The Kier molecular flexibility index (Phi) is 10.6. The van der Waals surface area contributed by atoms with Crippen LogP contribution in [0.5, 0.6) is 0 Å². The van der Waals surface area contributed by atoms with Crippen molar-refractivity contribution in [3.05, 3.63) is 0 Å². The Hall–Kier alpha value is -2.20. The summed E-state index contributed by atoms with van der Waals surface area (Å²) in [4.78, 5) is 47.6. The number of aliphatic hydroxyl groups excluding tert-OH is 1. The molecule has 10 heteroatoms. The number of carbonyl (C=O) groups is 4. The van der Waals surface area contributed by atoms with Crippen LogP contribution in [0.1, 0.15) is 41.0 Å². The zero-order valence-electron chi connectivity index (χ0n) is 16.5. The van der Waals surface area contributed by atoms with Crippen LogP contribution in [0.2, 0.25) is 0 Å². The van der Waals surface area contributed by atoms with E-state index in [-0.39, 0.29) is 11.8 Å². The lowest BCUT2D eigenvalue weighted by molar-refractivity contribution is -0.142. The van der Waals surface area contributed by atoms with Crippen molar-refractivity contribution in [3.63, 3.8) is 0 Å². The Balaban J connectivity index is 5.11. The summed E-state index contributed by atoms with van der Waals surface area (Å²) in [5.74, 6) is -3.31. The molecule has 0 radical (unpaired) electrons. The van der Waals surface area contributed by atoms with Gasteiger partial charge in [-0.3, -0.25) is 19.2 Å². The van der Waals surface area contributed by atoms with Crippen LogP contribution in [-0.4, -0.2) is 64.7 Å². The van der Waals surface area contributed by atoms with Crippen LogP contribution in [0.25, 0.3) is 0 Å². The molecule has 0 aliphatic carbocycles. The third kappa shape index (κ3) is 8.83. The minimum atomic E-state index is -1.34. The fourth-order valence-corrected chi connectivity index (χ4v) is 2.12. The molecule has 0 aliphatic rings. The summed E-state index contributed by atoms with van der Waals surface area (Å²) < 4.78 is 0. The number of aliphatic hydroxyl groups is 1. The predicted molar refractivity (Wildman–Crippen MR) is 98.5 cm³/mol. The standard InChI is InChI=1S/C17H32N4O6/c1-8(2)6-11(20-16(25)13(18)9(3)4)14(23)21-12(7-22)15(24)19-10(5)17(26)27/h8-13,22H,6-7,18H2,1-5H3,(H,19,24)(H,20,25)(H,21,23)(H,26,27). The summed E-state index contributed by atoms with van der Waals surface area (Å²) in [5.41, 5.74) is 5.79. The highest BCUT2D eigenvalue weighted by Crippen LogP contribution is 2.07. The number of nitrogens with one attached hydrogen (secondary N) is 3. The third-order valence-electron chi connectivity index (χ3n) is 3.91. The smallest absolute Gasteiger partial charge is 0.325 e. The quantitative estimate of drug-likeness (QED) is 0.252. The lowest BCUT2D eigenvalue weighted by Crippen LogP contribution is -2.58. The number of amides is 3. The molecule has 0 aromatic carbocycles. The van der Waals surface area contributed by atoms with Crippen LogP contribution in [0.3, 0.4) is 0 Å². The number of rotatable bonds is 11. The highest BCUT2D eigenvalue weighted by atomic mass is 16.4. The lowest BCUT2D eigenvalue weighted by Gasteiger charge is -2.25. The van der Waals surface area contributed by atoms with Crippen LogP contribution in [0, 0.1) is 11.8 Å². The van der Waals surface area contributed by atoms with E-state index in [0.717, 1.165) is 0 Å². The molecule has 0 aromatic heterocycles. The largest absolute Gasteiger partial charge is 0.480 e. The number of aliphatic carboxylic acids is 1. The van der Waals surface area contributed by atoms with Gasteiger partial charge in [0, 0.05) is 0 Å². The molecule has 0 heterocycles. The van der Waals surface area contributed by atoms with Crippen molar-refractivity contribution in [2.75, 3.05) is 6.61 Å². The fraction of sp³-hybridized carbons (Fsp3) is 0.765. The Morgan fingerprint density at radius 3 is 1.74 bits per heavy atom. The summed E-state index contributed by atoms with van der Waals surface area (Å²) >= 11 is 0. The van der Waals surface area contributed by atoms with Crippen LogP contribution >= 0.6 is 0 Å². The second kappa shape index (κ2) is 11.5. The van der Waals surface area contributed by atoms with Gasteiger partial charge in [-0.05, 0) is 25.2 Å². The number of hydrogen-bond donors (Lipinski definition) is 6. The van der Waals surface area contributed by atoms with Gasteiger partial charge in [-0.2, -0.15) is 0 Å². The summed E-state index contributed by atoms with van der Waals surface area (Å²) in [6.07, 6.45) is 0.299. The van der Waals surface area contributed by atoms with E-state index in [4.69, 9.17) is 10.8 Å². The first kappa shape index (κ1) is 24.8. The summed E-state index contributed by atoms with van der Waals surface area (Å²) in [5, 5.41) is 25.3. The van der Waals surface area contributed by atoms with Gasteiger partial charge >= 0.3 is 5.97 Å². The number of nitrogens with two attached hydrogens (primary N) is 1. The van der Waals surface area contributed by atoms with E-state index in [9.17, 15) is 24.3 Å². The van der Waals surface area contributed by atoms with E-state index in [1.807, 2.05) is 13.8 Å². The van der Waals surface area contributed by atoms with E-state index < -0.39 is 54.5 Å². The van der Waals surface area contributed by atoms with Crippen LogP contribution in [-0.2, 0) is 19.2 Å². The minimum Gasteiger partial charge on any atom is -0.480 e. The molecule has 0 spiro atoms. The van der Waals surface area contributed by atoms with Crippen molar-refractivity contribution >= 4 is 23.7 Å². The van der Waals surface area contributed by atoms with Crippen molar-refractivity contribution < 1.29 is 29.4 Å². The average Bonchev–Trinajstić information content (AvgIpc) is 2.56. The zero-order chi connectivity index (χ0) is 21.3. The topological polar surface area (TPSA) is 171 Å². The monoisotopic (exact) mass is 388 g/mol. The van der Waals surface area contributed by atoms with E-state index in [0.29, 0.717) is 6.42 Å². The molecule has 4 atom stereocenters. The van der Waals surface area contributed by atoms with Crippen LogP contribution in [0.4, 0.5) is 0 Å². The predicted octanol–water partition coefficient (Wildman–Crippen LogP) is -1.43. The molecular weight excluding hydrogens is 356 g/mol. The highest BCUT2D eigenvalue weighted by Gasteiger charge is 2.29. The number of carboxylic acids is 1. The van der Waals surface area contributed by atoms with Gasteiger partial charge in [0.1, 0.15) is 18.1 Å². The van der Waals surface area contributed by atoms with Crippen molar-refractivity contribution in [2.24, 2.45) is 17.6 Å². The molecule has 27 heavy (non-hydrogen) atoms. The van der Waals surface area contributed by atoms with E-state index in [1.165, 1.54) is 6.92 Å². The maximum atomic E-state index is 12.5. The molecule has 0 aromatic rings. The molecule has 10 nitrogen and oxygen atoms in total. The molecule has 0 aliphatic heterocycles. The Morgan fingerprint density at radius 2 is 1.33 bits per heavy atom. The summed E-state index contributed by atoms with van der Waals surface area (Å²) in [6, 6.07) is -4.26. The van der Waals surface area contributed by atoms with Gasteiger partial charge in [0.2, 0.25) is 17.7 Å². The molecular formula is C17H32N4O6. The molecule has 0 rings (SSSR count). The van der Waals surface area contributed by atoms with Gasteiger partial charge in [0.25, 0.3) is 0 Å². The van der Waals surface area contributed by atoms with Gasteiger partial charge in [-0.15, -0.1) is 0 Å². The Labute approximate surface area is 159 Å². The van der Waals surface area contributed by atoms with E-state index >= 15 is 0 Å². The third-order valence-corrected chi connectivity index (χ3v) is 3.91. The van der Waals surface area contributed by atoms with Crippen molar-refractivity contribution in [3.8, 4) is 0 Å². The van der Waals surface area contributed by atoms with Crippen LogP contribution in [0.15, 0.2) is 0 Å². The lowest BCUT2D eigenvalue weighted by atomic mass is 10.0. The first-order chi connectivity index (χ1) is 12.4. The van der Waals surface area contributed by atoms with E-state index in [2.05, 4.69) is 16.0 Å². The second-order valence-corrected chi connectivity index (χ2v) is 7.27. The van der Waals surface area contributed by atoms with E-state index in [1.54, 1.807) is 13.8 Å². The zero-order valence-corrected chi connectivity index (χ0v) is 16.5. The Bertz CT molecular complexity index is 538. The van der Waals surface area contributed by atoms with Gasteiger partial charge in [-0.25, -0.2) is 0 Å². The highest BCUT2D eigenvalue weighted by molar-refractivity contribution is 5.94. The molecule has 0 bridgehead atoms. The second-order valence-electron chi connectivity index (χ2n) is 7.27. The van der Waals surface area contributed by atoms with Crippen molar-refractivity contribution in [1.29, 1.82) is 0 Å². The first-order valence-electron chi connectivity index (χ1n) is 8.91. The maximum Gasteiger partial charge on any atom is 0.325 e. The minimum absolute atomic E-state index is 0.0600. The maximum absolute atomic E-state index is 12.5. The summed E-state index contributed by atoms with van der Waals surface area (Å²) in [6.45, 7) is 7.80. The van der Waals surface area contributed by atoms with Crippen molar-refractivity contribution in [1.82, 2.24) is 16.0 Å². The molecule has 4 unspecified atom stereocenters. The average molecular weight is 388 g/mol. The van der Waals surface area contributed by atoms with Gasteiger partial charge in [0.15, 0.2) is 0 Å². The fourth-order valence-electron chi connectivity index (χ4n) is 2.12. The van der Waals surface area contributed by atoms with Crippen LogP contribution < -0.4 is 21.7 Å². The van der Waals surface area contributed by atoms with Gasteiger partial charge in [-0.1, -0.05) is 27.7 Å². The molecule has 0 saturated carbocycles. The molecule has 3 amide bonds. The van der Waals surface area contributed by atoms with Crippen molar-refractivity contribution in [2.45, 2.75) is 65.2 Å². The molecule has 0 saturated heterocycles. The summed E-state index contributed by atoms with van der Waals surface area (Å²) in [7, 11) is 0. The SMILES string of the molecule is CC(C)CC(NC(=O)C(N)C(C)C)C(=O)NC(CO)C(=O)NC(C)C(=O)O. The Morgan fingerprint density at radius 1 is 0.852 bits per heavy atom. The normalized spacial score (nSPS) is 15.6. The van der Waals surface area contributed by atoms with Gasteiger partial charge in [0.05, 0.1) is 12.6 Å². The molecule has 0 fully saturated rings.